The predicted octanol–water partition coefficient (Wildman–Crippen LogP) is 2.00. The molecule has 0 spiro atoms. The summed E-state index contributed by atoms with van der Waals surface area (Å²) in [6.45, 7) is 3.85. The minimum absolute atomic E-state index is 0.101. The Morgan fingerprint density at radius 3 is 2.27 bits per heavy atom. The second kappa shape index (κ2) is 8.97. The van der Waals surface area contributed by atoms with Crippen LogP contribution in [0.15, 0.2) is 65.6 Å². The molecule has 1 saturated heterocycles. The van der Waals surface area contributed by atoms with Crippen LogP contribution in [0.3, 0.4) is 0 Å². The zero-order valence-electron chi connectivity index (χ0n) is 17.2. The lowest BCUT2D eigenvalue weighted by molar-refractivity contribution is -0.152. The Bertz CT molecular complexity index is 996. The maximum atomic E-state index is 13.2. The highest BCUT2D eigenvalue weighted by Gasteiger charge is 2.49. The van der Waals surface area contributed by atoms with Crippen LogP contribution < -0.4 is 5.32 Å². The number of benzene rings is 2. The first-order chi connectivity index (χ1) is 14.3. The van der Waals surface area contributed by atoms with Gasteiger partial charge < -0.3 is 10.2 Å². The first kappa shape index (κ1) is 22.0. The van der Waals surface area contributed by atoms with Gasteiger partial charge in [-0.3, -0.25) is 9.59 Å². The van der Waals surface area contributed by atoms with E-state index in [1.54, 1.807) is 25.1 Å². The highest BCUT2D eigenvalue weighted by molar-refractivity contribution is 7.89. The van der Waals surface area contributed by atoms with Crippen LogP contribution in [-0.2, 0) is 26.2 Å². The van der Waals surface area contributed by atoms with Gasteiger partial charge in [0.05, 0.1) is 11.4 Å². The maximum Gasteiger partial charge on any atom is 0.247 e. The van der Waals surface area contributed by atoms with Gasteiger partial charge in [-0.05, 0) is 31.0 Å². The monoisotopic (exact) mass is 429 g/mol. The fourth-order valence-corrected chi connectivity index (χ4v) is 5.17. The second-order valence-corrected chi connectivity index (χ2v) is 9.51. The van der Waals surface area contributed by atoms with Crippen LogP contribution in [0.5, 0.6) is 0 Å². The molecule has 2 aromatic rings. The van der Waals surface area contributed by atoms with E-state index in [-0.39, 0.29) is 29.8 Å². The minimum Gasteiger partial charge on any atom is -0.350 e. The van der Waals surface area contributed by atoms with Crippen molar-refractivity contribution in [2.75, 3.05) is 19.6 Å². The molecule has 3 rings (SSSR count). The van der Waals surface area contributed by atoms with Crippen LogP contribution in [0, 0.1) is 0 Å². The van der Waals surface area contributed by atoms with Crippen LogP contribution >= 0.6 is 0 Å². The average Bonchev–Trinajstić information content (AvgIpc) is 2.75. The smallest absolute Gasteiger partial charge is 0.247 e. The molecule has 1 aliphatic rings. The molecule has 1 unspecified atom stereocenters. The molecule has 1 heterocycles. The Hall–Kier alpha value is -2.71. The molecule has 30 heavy (non-hydrogen) atoms. The van der Waals surface area contributed by atoms with Gasteiger partial charge in [-0.2, -0.15) is 4.31 Å². The Morgan fingerprint density at radius 2 is 1.67 bits per heavy atom. The third-order valence-electron chi connectivity index (χ3n) is 5.31. The van der Waals surface area contributed by atoms with Gasteiger partial charge in [0, 0.05) is 19.6 Å². The van der Waals surface area contributed by atoms with Gasteiger partial charge in [0.1, 0.15) is 5.54 Å². The summed E-state index contributed by atoms with van der Waals surface area (Å²) >= 11 is 0. The largest absolute Gasteiger partial charge is 0.350 e. The molecular formula is C22H27N3O4S. The first-order valence-electron chi connectivity index (χ1n) is 9.97. The number of sulfonamides is 1. The van der Waals surface area contributed by atoms with E-state index in [2.05, 4.69) is 5.32 Å². The molecular weight excluding hydrogens is 402 g/mol. The highest BCUT2D eigenvalue weighted by Crippen LogP contribution is 2.28. The number of carbonyl (C=O) groups is 2. The van der Waals surface area contributed by atoms with Gasteiger partial charge in [0.25, 0.3) is 0 Å². The number of piperazine rings is 1. The summed E-state index contributed by atoms with van der Waals surface area (Å²) in [6.07, 6.45) is 0.665. The van der Waals surface area contributed by atoms with Gasteiger partial charge >= 0.3 is 0 Å². The van der Waals surface area contributed by atoms with Crippen molar-refractivity contribution in [3.05, 3.63) is 66.2 Å². The third-order valence-corrected chi connectivity index (χ3v) is 7.11. The van der Waals surface area contributed by atoms with Gasteiger partial charge in [0.2, 0.25) is 21.8 Å². The number of amides is 2. The van der Waals surface area contributed by atoms with Gasteiger partial charge in [-0.1, -0.05) is 55.5 Å². The molecule has 0 radical (unpaired) electrons. The van der Waals surface area contributed by atoms with Crippen LogP contribution in [-0.4, -0.2) is 54.6 Å². The van der Waals surface area contributed by atoms with Crippen molar-refractivity contribution in [3.63, 3.8) is 0 Å². The number of nitrogens with zero attached hydrogens (tertiary/aromatic N) is 2. The zero-order chi connectivity index (χ0) is 21.8. The summed E-state index contributed by atoms with van der Waals surface area (Å²) in [6, 6.07) is 17.4. The number of hydrogen-bond acceptors (Lipinski definition) is 4. The van der Waals surface area contributed by atoms with Crippen molar-refractivity contribution < 1.29 is 18.0 Å². The molecule has 0 aliphatic carbocycles. The molecule has 7 nitrogen and oxygen atoms in total. The van der Waals surface area contributed by atoms with Crippen molar-refractivity contribution in [3.8, 4) is 0 Å². The fourth-order valence-electron chi connectivity index (χ4n) is 3.67. The van der Waals surface area contributed by atoms with Crippen LogP contribution in [0.2, 0.25) is 0 Å². The summed E-state index contributed by atoms with van der Waals surface area (Å²) < 4.78 is 27.3. The van der Waals surface area contributed by atoms with Crippen molar-refractivity contribution in [2.24, 2.45) is 0 Å². The molecule has 0 aromatic heterocycles. The Balaban J connectivity index is 1.88. The minimum atomic E-state index is -3.90. The summed E-state index contributed by atoms with van der Waals surface area (Å²) in [5, 5.41) is 2.88. The normalized spacial score (nSPS) is 20.2. The van der Waals surface area contributed by atoms with Crippen molar-refractivity contribution in [1.29, 1.82) is 0 Å². The van der Waals surface area contributed by atoms with Crippen molar-refractivity contribution in [2.45, 2.75) is 37.2 Å². The first-order valence-corrected chi connectivity index (χ1v) is 11.4. The van der Waals surface area contributed by atoms with Gasteiger partial charge in [-0.15, -0.1) is 0 Å². The van der Waals surface area contributed by atoms with E-state index in [0.29, 0.717) is 19.5 Å². The van der Waals surface area contributed by atoms with E-state index in [0.717, 1.165) is 9.87 Å². The standard InChI is InChI=1S/C22H27N3O4S/c1-3-14-25-20(26)16-24(30(28,29)19-12-8-5-9-13-19)17-22(25,2)21(27)23-15-18-10-6-4-7-11-18/h4-13H,3,14-17H2,1-2H3,(H,23,27). The molecule has 2 aromatic carbocycles. The van der Waals surface area contributed by atoms with E-state index in [1.165, 1.54) is 17.0 Å². The summed E-state index contributed by atoms with van der Waals surface area (Å²) in [7, 11) is -3.90. The second-order valence-electron chi connectivity index (χ2n) is 7.57. The predicted molar refractivity (Wildman–Crippen MR) is 114 cm³/mol. The van der Waals surface area contributed by atoms with E-state index in [1.807, 2.05) is 37.3 Å². The molecule has 2 amide bonds. The van der Waals surface area contributed by atoms with Crippen LogP contribution in [0.1, 0.15) is 25.8 Å². The van der Waals surface area contributed by atoms with Gasteiger partial charge in [0.15, 0.2) is 0 Å². The molecule has 0 saturated carbocycles. The molecule has 1 fully saturated rings. The highest BCUT2D eigenvalue weighted by atomic mass is 32.2. The Labute approximate surface area is 177 Å². The number of hydrogen-bond donors (Lipinski definition) is 1. The average molecular weight is 430 g/mol. The Kier molecular flexibility index (Phi) is 6.58. The van der Waals surface area contributed by atoms with E-state index >= 15 is 0 Å². The SMILES string of the molecule is CCCN1C(=O)CN(S(=O)(=O)c2ccccc2)CC1(C)C(=O)NCc1ccccc1. The summed E-state index contributed by atoms with van der Waals surface area (Å²) in [5.74, 6) is -0.749. The zero-order valence-corrected chi connectivity index (χ0v) is 18.1. The molecule has 1 aliphatic heterocycles. The molecule has 0 bridgehead atoms. The number of rotatable bonds is 7. The lowest BCUT2D eigenvalue weighted by Crippen LogP contribution is -2.69. The van der Waals surface area contributed by atoms with Crippen LogP contribution in [0.4, 0.5) is 0 Å². The van der Waals surface area contributed by atoms with Crippen molar-refractivity contribution in [1.82, 2.24) is 14.5 Å². The van der Waals surface area contributed by atoms with E-state index < -0.39 is 15.6 Å². The maximum absolute atomic E-state index is 13.2. The lowest BCUT2D eigenvalue weighted by Gasteiger charge is -2.46. The molecule has 160 valence electrons. The van der Waals surface area contributed by atoms with E-state index in [4.69, 9.17) is 0 Å². The number of nitrogens with one attached hydrogen (secondary N) is 1. The van der Waals surface area contributed by atoms with Gasteiger partial charge in [-0.25, -0.2) is 8.42 Å². The number of carbonyl (C=O) groups excluding carboxylic acids is 2. The Morgan fingerprint density at radius 1 is 1.07 bits per heavy atom. The summed E-state index contributed by atoms with van der Waals surface area (Å²) in [5.41, 5.74) is -0.380. The lowest BCUT2D eigenvalue weighted by atomic mass is 9.95. The third kappa shape index (κ3) is 4.39. The molecule has 1 N–H and O–H groups in total. The quantitative estimate of drug-likeness (QED) is 0.729. The molecule has 8 heteroatoms. The fraction of sp³-hybridized carbons (Fsp3) is 0.364. The topological polar surface area (TPSA) is 86.8 Å². The molecule has 1 atom stereocenters. The van der Waals surface area contributed by atoms with E-state index in [9.17, 15) is 18.0 Å². The summed E-state index contributed by atoms with van der Waals surface area (Å²) in [4.78, 5) is 27.7. The van der Waals surface area contributed by atoms with Crippen LogP contribution in [0.25, 0.3) is 0 Å². The van der Waals surface area contributed by atoms with Crippen molar-refractivity contribution >= 4 is 21.8 Å².